The van der Waals surface area contributed by atoms with Crippen molar-refractivity contribution >= 4 is 5.97 Å². The molecule has 0 spiro atoms. The third kappa shape index (κ3) is 3.41. The molecule has 1 rings (SSSR count). The molecule has 0 amide bonds. The summed E-state index contributed by atoms with van der Waals surface area (Å²) in [5, 5.41) is 8.42. The SMILES string of the molecule is O=C(OC/C=C\CO)c1ccccc1. The number of esters is 1. The van der Waals surface area contributed by atoms with Crippen molar-refractivity contribution in [2.45, 2.75) is 0 Å². The van der Waals surface area contributed by atoms with Gasteiger partial charge in [0.2, 0.25) is 0 Å². The summed E-state index contributed by atoms with van der Waals surface area (Å²) in [5.74, 6) is -0.354. The van der Waals surface area contributed by atoms with Crippen LogP contribution in [0.5, 0.6) is 0 Å². The Labute approximate surface area is 82.6 Å². The molecule has 0 aliphatic carbocycles. The van der Waals surface area contributed by atoms with Crippen LogP contribution in [0.25, 0.3) is 0 Å². The van der Waals surface area contributed by atoms with E-state index in [0.717, 1.165) is 0 Å². The van der Waals surface area contributed by atoms with Crippen molar-refractivity contribution in [1.29, 1.82) is 0 Å². The molecular formula is C11H12O3. The van der Waals surface area contributed by atoms with Crippen LogP contribution >= 0.6 is 0 Å². The minimum atomic E-state index is -0.354. The third-order valence-corrected chi connectivity index (χ3v) is 1.59. The molecule has 1 aromatic rings. The number of hydrogen-bond acceptors (Lipinski definition) is 3. The first kappa shape index (κ1) is 10.5. The van der Waals surface area contributed by atoms with Crippen LogP contribution in [0.2, 0.25) is 0 Å². The maximum absolute atomic E-state index is 11.3. The Hall–Kier alpha value is -1.61. The Kier molecular flexibility index (Phi) is 4.44. The van der Waals surface area contributed by atoms with E-state index >= 15 is 0 Å². The first-order chi connectivity index (χ1) is 6.84. The Morgan fingerprint density at radius 3 is 2.64 bits per heavy atom. The van der Waals surface area contributed by atoms with Gasteiger partial charge < -0.3 is 9.84 Å². The van der Waals surface area contributed by atoms with Crippen molar-refractivity contribution < 1.29 is 14.6 Å². The van der Waals surface area contributed by atoms with Crippen molar-refractivity contribution in [3.63, 3.8) is 0 Å². The summed E-state index contributed by atoms with van der Waals surface area (Å²) in [6.07, 6.45) is 3.12. The molecule has 1 N–H and O–H groups in total. The summed E-state index contributed by atoms with van der Waals surface area (Å²) < 4.78 is 4.89. The Morgan fingerprint density at radius 1 is 1.29 bits per heavy atom. The van der Waals surface area contributed by atoms with Gasteiger partial charge in [-0.15, -0.1) is 0 Å². The molecule has 0 heterocycles. The number of hydrogen-bond donors (Lipinski definition) is 1. The van der Waals surface area contributed by atoms with E-state index in [-0.39, 0.29) is 19.2 Å². The number of benzene rings is 1. The Morgan fingerprint density at radius 2 is 2.00 bits per heavy atom. The molecule has 3 nitrogen and oxygen atoms in total. The second-order valence-electron chi connectivity index (χ2n) is 2.62. The van der Waals surface area contributed by atoms with Crippen LogP contribution in [0.3, 0.4) is 0 Å². The van der Waals surface area contributed by atoms with E-state index in [2.05, 4.69) is 0 Å². The number of carbonyl (C=O) groups excluding carboxylic acids is 1. The third-order valence-electron chi connectivity index (χ3n) is 1.59. The van der Waals surface area contributed by atoms with E-state index in [0.29, 0.717) is 5.56 Å². The van der Waals surface area contributed by atoms with Crippen LogP contribution < -0.4 is 0 Å². The molecule has 0 saturated heterocycles. The van der Waals surface area contributed by atoms with Gasteiger partial charge in [-0.1, -0.05) is 24.3 Å². The average Bonchev–Trinajstić information content (AvgIpc) is 2.25. The van der Waals surface area contributed by atoms with Gasteiger partial charge in [-0.3, -0.25) is 0 Å². The predicted octanol–water partition coefficient (Wildman–Crippen LogP) is 1.39. The highest BCUT2D eigenvalue weighted by molar-refractivity contribution is 5.89. The molecule has 0 radical (unpaired) electrons. The van der Waals surface area contributed by atoms with Crippen LogP contribution in [0.15, 0.2) is 42.5 Å². The van der Waals surface area contributed by atoms with Crippen LogP contribution in [0.4, 0.5) is 0 Å². The van der Waals surface area contributed by atoms with E-state index < -0.39 is 0 Å². The number of aliphatic hydroxyl groups excluding tert-OH is 1. The van der Waals surface area contributed by atoms with Crippen molar-refractivity contribution in [1.82, 2.24) is 0 Å². The van der Waals surface area contributed by atoms with Gasteiger partial charge in [0.1, 0.15) is 6.61 Å². The topological polar surface area (TPSA) is 46.5 Å². The molecule has 74 valence electrons. The minimum absolute atomic E-state index is 0.0388. The van der Waals surface area contributed by atoms with Crippen LogP contribution in [0, 0.1) is 0 Å². The maximum Gasteiger partial charge on any atom is 0.338 e. The Bertz CT molecular complexity index is 304. The van der Waals surface area contributed by atoms with Gasteiger partial charge in [-0.05, 0) is 18.2 Å². The molecule has 1 aromatic carbocycles. The van der Waals surface area contributed by atoms with Crippen molar-refractivity contribution in [2.24, 2.45) is 0 Å². The molecule has 0 fully saturated rings. The number of carbonyl (C=O) groups is 1. The van der Waals surface area contributed by atoms with Crippen molar-refractivity contribution in [2.75, 3.05) is 13.2 Å². The first-order valence-electron chi connectivity index (χ1n) is 4.32. The fraction of sp³-hybridized carbons (Fsp3) is 0.182. The number of rotatable bonds is 4. The molecule has 0 aliphatic heterocycles. The van der Waals surface area contributed by atoms with Crippen LogP contribution in [-0.4, -0.2) is 24.3 Å². The zero-order valence-corrected chi connectivity index (χ0v) is 7.72. The summed E-state index contributed by atoms with van der Waals surface area (Å²) in [7, 11) is 0. The lowest BCUT2D eigenvalue weighted by atomic mass is 10.2. The van der Waals surface area contributed by atoms with E-state index in [1.54, 1.807) is 30.3 Å². The van der Waals surface area contributed by atoms with Gasteiger partial charge in [0.15, 0.2) is 0 Å². The zero-order valence-electron chi connectivity index (χ0n) is 7.72. The van der Waals surface area contributed by atoms with Gasteiger partial charge in [-0.2, -0.15) is 0 Å². The lowest BCUT2D eigenvalue weighted by Crippen LogP contribution is -2.04. The molecular weight excluding hydrogens is 180 g/mol. The molecule has 3 heteroatoms. The summed E-state index contributed by atoms with van der Waals surface area (Å²) in [6.45, 7) is 0.150. The maximum atomic E-state index is 11.3. The smallest absolute Gasteiger partial charge is 0.338 e. The molecule has 0 aromatic heterocycles. The van der Waals surface area contributed by atoms with Crippen LogP contribution in [-0.2, 0) is 4.74 Å². The summed E-state index contributed by atoms with van der Waals surface area (Å²) in [4.78, 5) is 11.3. The molecule has 14 heavy (non-hydrogen) atoms. The van der Waals surface area contributed by atoms with Gasteiger partial charge in [0, 0.05) is 0 Å². The first-order valence-corrected chi connectivity index (χ1v) is 4.32. The summed E-state index contributed by atoms with van der Waals surface area (Å²) in [6, 6.07) is 8.78. The second kappa shape index (κ2) is 5.94. The molecule has 0 bridgehead atoms. The average molecular weight is 192 g/mol. The number of ether oxygens (including phenoxy) is 1. The minimum Gasteiger partial charge on any atom is -0.458 e. The fourth-order valence-electron chi connectivity index (χ4n) is 0.924. The van der Waals surface area contributed by atoms with Crippen LogP contribution in [0.1, 0.15) is 10.4 Å². The standard InChI is InChI=1S/C11H12O3/c12-8-4-5-9-14-11(13)10-6-2-1-3-7-10/h1-7,12H,8-9H2/b5-4-. The lowest BCUT2D eigenvalue weighted by Gasteiger charge is -2.00. The van der Waals surface area contributed by atoms with Gasteiger partial charge in [-0.25, -0.2) is 4.79 Å². The summed E-state index contributed by atoms with van der Waals surface area (Å²) in [5.41, 5.74) is 0.532. The second-order valence-corrected chi connectivity index (χ2v) is 2.62. The molecule has 0 atom stereocenters. The van der Waals surface area contributed by atoms with Crippen molar-refractivity contribution in [3.8, 4) is 0 Å². The number of aliphatic hydroxyl groups is 1. The normalized spacial score (nSPS) is 10.4. The zero-order chi connectivity index (χ0) is 10.2. The van der Waals surface area contributed by atoms with E-state index in [9.17, 15) is 4.79 Å². The largest absolute Gasteiger partial charge is 0.458 e. The monoisotopic (exact) mass is 192 g/mol. The molecule has 0 aliphatic rings. The van der Waals surface area contributed by atoms with E-state index in [1.165, 1.54) is 6.08 Å². The van der Waals surface area contributed by atoms with Gasteiger partial charge in [0.25, 0.3) is 0 Å². The quantitative estimate of drug-likeness (QED) is 0.579. The van der Waals surface area contributed by atoms with E-state index in [1.807, 2.05) is 6.07 Å². The van der Waals surface area contributed by atoms with Crippen molar-refractivity contribution in [3.05, 3.63) is 48.0 Å². The highest BCUT2D eigenvalue weighted by Gasteiger charge is 2.03. The fourth-order valence-corrected chi connectivity index (χ4v) is 0.924. The highest BCUT2D eigenvalue weighted by Crippen LogP contribution is 2.00. The molecule has 0 unspecified atom stereocenters. The predicted molar refractivity (Wildman–Crippen MR) is 53.0 cm³/mol. The molecule has 0 saturated carbocycles. The summed E-state index contributed by atoms with van der Waals surface area (Å²) >= 11 is 0. The van der Waals surface area contributed by atoms with Gasteiger partial charge >= 0.3 is 5.97 Å². The van der Waals surface area contributed by atoms with E-state index in [4.69, 9.17) is 9.84 Å². The highest BCUT2D eigenvalue weighted by atomic mass is 16.5. The lowest BCUT2D eigenvalue weighted by molar-refractivity contribution is 0.0549. The van der Waals surface area contributed by atoms with Gasteiger partial charge in [0.05, 0.1) is 12.2 Å². The Balaban J connectivity index is 2.40.